The molecule has 0 saturated heterocycles. The summed E-state index contributed by atoms with van der Waals surface area (Å²) in [6.07, 6.45) is 0. The summed E-state index contributed by atoms with van der Waals surface area (Å²) in [6.45, 7) is 1.14. The van der Waals surface area contributed by atoms with Gasteiger partial charge in [0.1, 0.15) is 19.0 Å². The van der Waals surface area contributed by atoms with Crippen LogP contribution in [0.5, 0.6) is 17.2 Å². The highest BCUT2D eigenvalue weighted by Crippen LogP contribution is 2.36. The van der Waals surface area contributed by atoms with Crippen LogP contribution in [-0.2, 0) is 6.54 Å². The minimum atomic E-state index is 0.352. The standard InChI is InChI=1S/C20H20ClNO3/c1-23-19-11-14(13-22)10-18(21)20(19)25-9-8-24-17-7-6-15-4-2-3-5-16(15)12-17/h2-7,10-12H,8-9,13,22H2,1H3. The van der Waals surface area contributed by atoms with E-state index in [-0.39, 0.29) is 0 Å². The van der Waals surface area contributed by atoms with E-state index in [1.165, 1.54) is 5.39 Å². The fraction of sp³-hybridized carbons (Fsp3) is 0.200. The van der Waals surface area contributed by atoms with Gasteiger partial charge in [0.25, 0.3) is 0 Å². The van der Waals surface area contributed by atoms with Gasteiger partial charge in [-0.3, -0.25) is 0 Å². The van der Waals surface area contributed by atoms with Crippen LogP contribution >= 0.6 is 11.6 Å². The normalized spacial score (nSPS) is 10.7. The molecular weight excluding hydrogens is 338 g/mol. The number of ether oxygens (including phenoxy) is 3. The molecule has 0 atom stereocenters. The summed E-state index contributed by atoms with van der Waals surface area (Å²) in [5, 5.41) is 2.80. The summed E-state index contributed by atoms with van der Waals surface area (Å²) >= 11 is 6.25. The Bertz CT molecular complexity index is 867. The first-order chi connectivity index (χ1) is 12.2. The Morgan fingerprint density at radius 2 is 1.68 bits per heavy atom. The molecule has 0 aliphatic rings. The number of hydrogen-bond acceptors (Lipinski definition) is 4. The lowest BCUT2D eigenvalue weighted by molar-refractivity contribution is 0.211. The van der Waals surface area contributed by atoms with Gasteiger partial charge in [0, 0.05) is 6.54 Å². The molecule has 3 aromatic rings. The van der Waals surface area contributed by atoms with Crippen molar-refractivity contribution >= 4 is 22.4 Å². The third-order valence-corrected chi connectivity index (χ3v) is 4.13. The van der Waals surface area contributed by atoms with E-state index in [0.29, 0.717) is 36.3 Å². The summed E-state index contributed by atoms with van der Waals surface area (Å²) in [6, 6.07) is 17.8. The molecule has 0 bridgehead atoms. The molecule has 3 rings (SSSR count). The number of benzene rings is 3. The third-order valence-electron chi connectivity index (χ3n) is 3.84. The highest BCUT2D eigenvalue weighted by molar-refractivity contribution is 6.32. The zero-order chi connectivity index (χ0) is 17.6. The molecule has 130 valence electrons. The second-order valence-corrected chi connectivity index (χ2v) is 5.93. The van der Waals surface area contributed by atoms with Gasteiger partial charge in [-0.25, -0.2) is 0 Å². The molecule has 3 aromatic carbocycles. The largest absolute Gasteiger partial charge is 0.493 e. The minimum absolute atomic E-state index is 0.352. The van der Waals surface area contributed by atoms with Crippen molar-refractivity contribution in [1.82, 2.24) is 0 Å². The van der Waals surface area contributed by atoms with Gasteiger partial charge in [-0.05, 0) is 40.6 Å². The predicted molar refractivity (Wildman–Crippen MR) is 101 cm³/mol. The number of methoxy groups -OCH3 is 1. The Labute approximate surface area is 152 Å². The van der Waals surface area contributed by atoms with Crippen molar-refractivity contribution in [3.8, 4) is 17.2 Å². The molecule has 0 amide bonds. The maximum Gasteiger partial charge on any atom is 0.179 e. The lowest BCUT2D eigenvalue weighted by Gasteiger charge is -2.14. The second kappa shape index (κ2) is 8.10. The Morgan fingerprint density at radius 1 is 0.920 bits per heavy atom. The van der Waals surface area contributed by atoms with Gasteiger partial charge in [0.2, 0.25) is 0 Å². The van der Waals surface area contributed by atoms with Crippen LogP contribution in [-0.4, -0.2) is 20.3 Å². The van der Waals surface area contributed by atoms with E-state index in [0.717, 1.165) is 16.7 Å². The van der Waals surface area contributed by atoms with Gasteiger partial charge in [-0.2, -0.15) is 0 Å². The monoisotopic (exact) mass is 357 g/mol. The molecule has 0 aliphatic heterocycles. The fourth-order valence-corrected chi connectivity index (χ4v) is 2.88. The average Bonchev–Trinajstić information content (AvgIpc) is 2.65. The number of nitrogens with two attached hydrogens (primary N) is 1. The topological polar surface area (TPSA) is 53.7 Å². The van der Waals surface area contributed by atoms with E-state index in [4.69, 9.17) is 31.5 Å². The van der Waals surface area contributed by atoms with E-state index in [1.54, 1.807) is 13.2 Å². The number of hydrogen-bond donors (Lipinski definition) is 1. The first-order valence-electron chi connectivity index (χ1n) is 8.02. The van der Waals surface area contributed by atoms with Crippen molar-refractivity contribution < 1.29 is 14.2 Å². The molecule has 0 saturated carbocycles. The zero-order valence-corrected chi connectivity index (χ0v) is 14.8. The van der Waals surface area contributed by atoms with Crippen LogP contribution in [0.1, 0.15) is 5.56 Å². The maximum absolute atomic E-state index is 6.25. The van der Waals surface area contributed by atoms with Gasteiger partial charge in [-0.15, -0.1) is 0 Å². The molecule has 0 aromatic heterocycles. The molecule has 0 unspecified atom stereocenters. The summed E-state index contributed by atoms with van der Waals surface area (Å²) in [5.41, 5.74) is 6.53. The molecule has 0 aliphatic carbocycles. The molecular formula is C20H20ClNO3. The van der Waals surface area contributed by atoms with Gasteiger partial charge >= 0.3 is 0 Å². The van der Waals surface area contributed by atoms with E-state index >= 15 is 0 Å². The molecule has 2 N–H and O–H groups in total. The summed E-state index contributed by atoms with van der Waals surface area (Å²) in [7, 11) is 1.57. The molecule has 4 nitrogen and oxygen atoms in total. The highest BCUT2D eigenvalue weighted by atomic mass is 35.5. The average molecular weight is 358 g/mol. The van der Waals surface area contributed by atoms with Crippen molar-refractivity contribution in [1.29, 1.82) is 0 Å². The number of halogens is 1. The van der Waals surface area contributed by atoms with Crippen molar-refractivity contribution in [2.24, 2.45) is 5.73 Å². The Hall–Kier alpha value is -2.43. The summed E-state index contributed by atoms with van der Waals surface area (Å²) in [4.78, 5) is 0. The van der Waals surface area contributed by atoms with Gasteiger partial charge < -0.3 is 19.9 Å². The lowest BCUT2D eigenvalue weighted by atomic mass is 10.1. The van der Waals surface area contributed by atoms with Crippen LogP contribution in [0.15, 0.2) is 54.6 Å². The molecule has 25 heavy (non-hydrogen) atoms. The SMILES string of the molecule is COc1cc(CN)cc(Cl)c1OCCOc1ccc2ccccc2c1. The van der Waals surface area contributed by atoms with Crippen LogP contribution < -0.4 is 19.9 Å². The van der Waals surface area contributed by atoms with Crippen molar-refractivity contribution in [2.75, 3.05) is 20.3 Å². The lowest BCUT2D eigenvalue weighted by Crippen LogP contribution is -2.10. The molecule has 0 heterocycles. The van der Waals surface area contributed by atoms with Crippen LogP contribution in [0, 0.1) is 0 Å². The smallest absolute Gasteiger partial charge is 0.179 e. The molecule has 0 spiro atoms. The minimum Gasteiger partial charge on any atom is -0.493 e. The Morgan fingerprint density at radius 3 is 2.44 bits per heavy atom. The molecule has 0 fully saturated rings. The van der Waals surface area contributed by atoms with Crippen molar-refractivity contribution in [2.45, 2.75) is 6.54 Å². The Kier molecular flexibility index (Phi) is 5.64. The zero-order valence-electron chi connectivity index (χ0n) is 14.0. The summed E-state index contributed by atoms with van der Waals surface area (Å²) in [5.74, 6) is 1.88. The van der Waals surface area contributed by atoms with E-state index in [1.807, 2.05) is 36.4 Å². The number of rotatable bonds is 7. The quantitative estimate of drug-likeness (QED) is 0.636. The number of fused-ring (bicyclic) bond motifs is 1. The summed E-state index contributed by atoms with van der Waals surface area (Å²) < 4.78 is 16.8. The van der Waals surface area contributed by atoms with Crippen molar-refractivity contribution in [3.63, 3.8) is 0 Å². The predicted octanol–water partition coefficient (Wildman–Crippen LogP) is 4.42. The van der Waals surface area contributed by atoms with Crippen LogP contribution in [0.25, 0.3) is 10.8 Å². The van der Waals surface area contributed by atoms with Crippen LogP contribution in [0.4, 0.5) is 0 Å². The van der Waals surface area contributed by atoms with Gasteiger partial charge in [0.05, 0.1) is 12.1 Å². The first kappa shape index (κ1) is 17.4. The van der Waals surface area contributed by atoms with E-state index in [2.05, 4.69) is 12.1 Å². The van der Waals surface area contributed by atoms with Crippen LogP contribution in [0.3, 0.4) is 0 Å². The fourth-order valence-electron chi connectivity index (χ4n) is 2.59. The molecule has 0 radical (unpaired) electrons. The van der Waals surface area contributed by atoms with E-state index in [9.17, 15) is 0 Å². The van der Waals surface area contributed by atoms with Crippen molar-refractivity contribution in [3.05, 3.63) is 65.2 Å². The Balaban J connectivity index is 1.61. The highest BCUT2D eigenvalue weighted by Gasteiger charge is 2.11. The third kappa shape index (κ3) is 4.16. The van der Waals surface area contributed by atoms with Gasteiger partial charge in [0.15, 0.2) is 11.5 Å². The second-order valence-electron chi connectivity index (χ2n) is 5.52. The molecule has 5 heteroatoms. The first-order valence-corrected chi connectivity index (χ1v) is 8.40. The van der Waals surface area contributed by atoms with E-state index < -0.39 is 0 Å². The maximum atomic E-state index is 6.25. The van der Waals surface area contributed by atoms with Gasteiger partial charge in [-0.1, -0.05) is 41.9 Å². The van der Waals surface area contributed by atoms with Crippen LogP contribution in [0.2, 0.25) is 5.02 Å².